The first-order valence-electron chi connectivity index (χ1n) is 12.3. The number of carbonyl (C=O) groups excluding carboxylic acids is 1. The number of benzene rings is 2. The van der Waals surface area contributed by atoms with Crippen molar-refractivity contribution >= 4 is 35.3 Å². The van der Waals surface area contributed by atoms with Crippen LogP contribution in [0.1, 0.15) is 37.7 Å². The first-order valence-corrected chi connectivity index (χ1v) is 14.4. The van der Waals surface area contributed by atoms with Crippen LogP contribution in [-0.2, 0) is 9.53 Å². The lowest BCUT2D eigenvalue weighted by Crippen LogP contribution is -2.42. The Hall–Kier alpha value is -2.32. The average Bonchev–Trinajstić information content (AvgIpc) is 2.92. The number of nitriles is 1. The molecule has 4 rings (SSSR count). The molecule has 2 fully saturated rings. The molecular weight excluding hydrogens is 514 g/mol. The molecule has 10 heteroatoms. The Morgan fingerprint density at radius 1 is 1.11 bits per heavy atom. The number of rotatable bonds is 6. The van der Waals surface area contributed by atoms with Crippen molar-refractivity contribution in [1.82, 2.24) is 9.62 Å². The van der Waals surface area contributed by atoms with Crippen LogP contribution in [0.3, 0.4) is 0 Å². The molecule has 0 radical (unpaired) electrons. The van der Waals surface area contributed by atoms with E-state index in [-0.39, 0.29) is 11.7 Å². The minimum atomic E-state index is -0.446. The van der Waals surface area contributed by atoms with Crippen LogP contribution < -0.4 is 9.62 Å². The molecule has 200 valence electrons. The zero-order valence-corrected chi connectivity index (χ0v) is 23.1. The fourth-order valence-electron chi connectivity index (χ4n) is 4.34. The lowest BCUT2D eigenvalue weighted by Gasteiger charge is -2.37. The number of nitrogens with one attached hydrogen (secondary N) is 1. The Balaban J connectivity index is 0.000000356. The first-order chi connectivity index (χ1) is 17.8. The van der Waals surface area contributed by atoms with Gasteiger partial charge in [-0.2, -0.15) is 5.26 Å². The van der Waals surface area contributed by atoms with Crippen LogP contribution >= 0.6 is 23.7 Å². The number of hydrogen-bond acceptors (Lipinski definition) is 7. The van der Waals surface area contributed by atoms with Crippen molar-refractivity contribution in [1.29, 1.82) is 5.26 Å². The van der Waals surface area contributed by atoms with Gasteiger partial charge >= 0.3 is 0 Å². The van der Waals surface area contributed by atoms with Gasteiger partial charge in [0.25, 0.3) is 5.91 Å². The van der Waals surface area contributed by atoms with Gasteiger partial charge in [0.05, 0.1) is 11.3 Å². The molecule has 2 aromatic rings. The Labute approximate surface area is 226 Å². The summed E-state index contributed by atoms with van der Waals surface area (Å²) in [6.45, 7) is 2.03. The third kappa shape index (κ3) is 8.60. The highest BCUT2D eigenvalue weighted by atomic mass is 32.2. The van der Waals surface area contributed by atoms with Gasteiger partial charge in [0.1, 0.15) is 23.8 Å². The van der Waals surface area contributed by atoms with E-state index in [1.807, 2.05) is 11.2 Å². The SMILES string of the molecule is CN(C)C1CCN(c2c(F)cc(SNC(=O)C3CCCCO3)cc2C#N)CC1.CSc1ccc(F)cc1. The number of anilines is 1. The zero-order valence-electron chi connectivity index (χ0n) is 21.5. The number of piperidine rings is 1. The van der Waals surface area contributed by atoms with Gasteiger partial charge in [0.15, 0.2) is 0 Å². The molecule has 0 bridgehead atoms. The van der Waals surface area contributed by atoms with E-state index in [0.717, 1.165) is 55.6 Å². The van der Waals surface area contributed by atoms with E-state index in [9.17, 15) is 18.8 Å². The van der Waals surface area contributed by atoms with E-state index >= 15 is 0 Å². The lowest BCUT2D eigenvalue weighted by molar-refractivity contribution is -0.133. The normalized spacial score (nSPS) is 18.1. The molecule has 2 aromatic carbocycles. The van der Waals surface area contributed by atoms with Gasteiger partial charge < -0.3 is 14.5 Å². The van der Waals surface area contributed by atoms with Crippen LogP contribution in [0.25, 0.3) is 0 Å². The van der Waals surface area contributed by atoms with Crippen LogP contribution in [0.2, 0.25) is 0 Å². The van der Waals surface area contributed by atoms with Crippen LogP contribution in [0.4, 0.5) is 14.5 Å². The third-order valence-electron chi connectivity index (χ3n) is 6.46. The Morgan fingerprint density at radius 2 is 1.81 bits per heavy atom. The number of ether oxygens (including phenoxy) is 1. The second-order valence-electron chi connectivity index (χ2n) is 9.18. The standard InChI is InChI=1S/C20H27FN4O2S.C7H7FS/c1-24(2)15-6-8-25(9-7-15)19-14(13-22)11-16(12-17(19)21)28-23-20(26)18-5-3-4-10-27-18;1-9-7-4-2-6(8)3-5-7/h11-12,15,18H,3-10H2,1-2H3,(H,23,26);2-5H,1H3. The van der Waals surface area contributed by atoms with Crippen LogP contribution in [-0.4, -0.2) is 63.0 Å². The highest BCUT2D eigenvalue weighted by molar-refractivity contribution is 7.98. The van der Waals surface area contributed by atoms with Crippen molar-refractivity contribution < 1.29 is 18.3 Å². The maximum Gasteiger partial charge on any atom is 0.259 e. The minimum absolute atomic E-state index is 0.173. The second-order valence-corrected chi connectivity index (χ2v) is 10.9. The third-order valence-corrected chi connectivity index (χ3v) is 7.98. The van der Waals surface area contributed by atoms with E-state index in [1.54, 1.807) is 30.0 Å². The van der Waals surface area contributed by atoms with Gasteiger partial charge in [-0.15, -0.1) is 11.8 Å². The summed E-state index contributed by atoms with van der Waals surface area (Å²) in [4.78, 5) is 17.9. The highest BCUT2D eigenvalue weighted by Crippen LogP contribution is 2.32. The van der Waals surface area contributed by atoms with Crippen molar-refractivity contribution in [3.05, 3.63) is 53.6 Å². The molecule has 0 aromatic heterocycles. The predicted molar refractivity (Wildman–Crippen MR) is 146 cm³/mol. The Kier molecular flexibility index (Phi) is 11.5. The van der Waals surface area contributed by atoms with E-state index in [4.69, 9.17) is 4.74 Å². The van der Waals surface area contributed by atoms with Gasteiger partial charge in [-0.05, 0) is 101 Å². The number of amides is 1. The second kappa shape index (κ2) is 14.6. The quantitative estimate of drug-likeness (QED) is 0.379. The highest BCUT2D eigenvalue weighted by Gasteiger charge is 2.26. The topological polar surface area (TPSA) is 68.6 Å². The van der Waals surface area contributed by atoms with Crippen molar-refractivity contribution in [2.24, 2.45) is 0 Å². The molecule has 0 aliphatic carbocycles. The molecule has 0 saturated carbocycles. The monoisotopic (exact) mass is 548 g/mol. The minimum Gasteiger partial charge on any atom is -0.368 e. The lowest BCUT2D eigenvalue weighted by atomic mass is 10.0. The maximum atomic E-state index is 14.9. The molecule has 1 atom stereocenters. The molecule has 2 saturated heterocycles. The summed E-state index contributed by atoms with van der Waals surface area (Å²) >= 11 is 2.64. The van der Waals surface area contributed by atoms with Gasteiger partial charge in [-0.1, -0.05) is 0 Å². The molecule has 1 N–H and O–H groups in total. The van der Waals surface area contributed by atoms with Crippen molar-refractivity contribution in [3.63, 3.8) is 0 Å². The van der Waals surface area contributed by atoms with E-state index < -0.39 is 11.9 Å². The number of halogens is 2. The molecule has 6 nitrogen and oxygen atoms in total. The van der Waals surface area contributed by atoms with Gasteiger partial charge in [0.2, 0.25) is 0 Å². The summed E-state index contributed by atoms with van der Waals surface area (Å²) < 4.78 is 35.3. The molecule has 1 unspecified atom stereocenters. The number of thioether (sulfide) groups is 1. The number of hydrogen-bond donors (Lipinski definition) is 1. The molecule has 37 heavy (non-hydrogen) atoms. The molecule has 1 amide bonds. The molecule has 2 aliphatic heterocycles. The Morgan fingerprint density at radius 3 is 2.38 bits per heavy atom. The number of nitrogens with zero attached hydrogens (tertiary/aromatic N) is 3. The summed E-state index contributed by atoms with van der Waals surface area (Å²) in [6, 6.07) is 12.1. The summed E-state index contributed by atoms with van der Waals surface area (Å²) in [5, 5.41) is 9.55. The van der Waals surface area contributed by atoms with Crippen LogP contribution in [0, 0.1) is 23.0 Å². The summed E-state index contributed by atoms with van der Waals surface area (Å²) in [6.07, 6.45) is 6.03. The first kappa shape index (κ1) is 29.2. The predicted octanol–water partition coefficient (Wildman–Crippen LogP) is 5.47. The zero-order chi connectivity index (χ0) is 26.8. The largest absolute Gasteiger partial charge is 0.368 e. The van der Waals surface area contributed by atoms with Gasteiger partial charge in [-0.3, -0.25) is 9.52 Å². The number of carbonyl (C=O) groups is 1. The van der Waals surface area contributed by atoms with Crippen molar-refractivity contribution in [3.8, 4) is 6.07 Å². The summed E-state index contributed by atoms with van der Waals surface area (Å²) in [7, 11) is 4.11. The van der Waals surface area contributed by atoms with Crippen molar-refractivity contribution in [2.75, 3.05) is 44.9 Å². The summed E-state index contributed by atoms with van der Waals surface area (Å²) in [5.74, 6) is -0.806. The smallest absolute Gasteiger partial charge is 0.259 e. The molecule has 0 spiro atoms. The van der Waals surface area contributed by atoms with Crippen LogP contribution in [0.5, 0.6) is 0 Å². The molecule has 2 heterocycles. The fraction of sp³-hybridized carbons (Fsp3) is 0.481. The van der Waals surface area contributed by atoms with Gasteiger partial charge in [0, 0.05) is 35.5 Å². The summed E-state index contributed by atoms with van der Waals surface area (Å²) in [5.41, 5.74) is 0.667. The molecular formula is C27H34F2N4O2S2. The molecule has 2 aliphatic rings. The average molecular weight is 549 g/mol. The van der Waals surface area contributed by atoms with Crippen molar-refractivity contribution in [2.45, 2.75) is 54.0 Å². The van der Waals surface area contributed by atoms with Gasteiger partial charge in [-0.25, -0.2) is 8.78 Å². The maximum absolute atomic E-state index is 14.9. The Bertz CT molecular complexity index is 1070. The fourth-order valence-corrected chi connectivity index (χ4v) is 5.44. The van der Waals surface area contributed by atoms with E-state index in [1.165, 1.54) is 18.2 Å². The van der Waals surface area contributed by atoms with E-state index in [2.05, 4.69) is 29.8 Å². The van der Waals surface area contributed by atoms with Crippen LogP contribution in [0.15, 0.2) is 46.2 Å². The van der Waals surface area contributed by atoms with E-state index in [0.29, 0.717) is 35.2 Å².